The molecule has 0 bridgehead atoms. The first kappa shape index (κ1) is 15.0. The standard InChI is InChI=1S/C17H20FNO3/c1-17(16(21)22)7-2-8-19(10-17)15(20)14-9-13(14)11-3-5-12(18)6-4-11/h3-6,13-14H,2,7-10H2,1H3,(H,21,22). The van der Waals surface area contributed by atoms with Gasteiger partial charge in [0.1, 0.15) is 5.82 Å². The molecule has 1 N–H and O–H groups in total. The molecule has 1 aliphatic heterocycles. The SMILES string of the molecule is CC1(C(=O)O)CCCN(C(=O)C2CC2c2ccc(F)cc2)C1. The van der Waals surface area contributed by atoms with Gasteiger partial charge in [-0.15, -0.1) is 0 Å². The van der Waals surface area contributed by atoms with E-state index in [0.29, 0.717) is 13.0 Å². The number of piperidine rings is 1. The molecule has 0 spiro atoms. The van der Waals surface area contributed by atoms with Crippen molar-refractivity contribution in [3.05, 3.63) is 35.6 Å². The first-order valence-corrected chi connectivity index (χ1v) is 7.68. The minimum atomic E-state index is -0.839. The van der Waals surface area contributed by atoms with Gasteiger partial charge >= 0.3 is 5.97 Å². The van der Waals surface area contributed by atoms with Gasteiger partial charge in [0.05, 0.1) is 5.41 Å². The van der Waals surface area contributed by atoms with Gasteiger partial charge in [0.2, 0.25) is 5.91 Å². The number of hydrogen-bond donors (Lipinski definition) is 1. The Morgan fingerprint density at radius 2 is 2.00 bits per heavy atom. The normalized spacial score (nSPS) is 30.9. The van der Waals surface area contributed by atoms with Crippen LogP contribution in [-0.2, 0) is 9.59 Å². The molecule has 5 heteroatoms. The van der Waals surface area contributed by atoms with Crippen molar-refractivity contribution < 1.29 is 19.1 Å². The summed E-state index contributed by atoms with van der Waals surface area (Å²) in [7, 11) is 0. The van der Waals surface area contributed by atoms with Crippen molar-refractivity contribution in [3.8, 4) is 0 Å². The van der Waals surface area contributed by atoms with Gasteiger partial charge in [-0.1, -0.05) is 12.1 Å². The highest BCUT2D eigenvalue weighted by Crippen LogP contribution is 2.49. The van der Waals surface area contributed by atoms with E-state index in [1.165, 1.54) is 12.1 Å². The third kappa shape index (κ3) is 2.72. The van der Waals surface area contributed by atoms with Crippen LogP contribution < -0.4 is 0 Å². The Kier molecular flexibility index (Phi) is 3.67. The monoisotopic (exact) mass is 305 g/mol. The summed E-state index contributed by atoms with van der Waals surface area (Å²) in [4.78, 5) is 25.7. The summed E-state index contributed by atoms with van der Waals surface area (Å²) in [5.41, 5.74) is 0.145. The second-order valence-corrected chi connectivity index (χ2v) is 6.73. The molecular weight excluding hydrogens is 285 g/mol. The van der Waals surface area contributed by atoms with Crippen LogP contribution >= 0.6 is 0 Å². The fraction of sp³-hybridized carbons (Fsp3) is 0.529. The molecule has 118 valence electrons. The van der Waals surface area contributed by atoms with Gasteiger partial charge in [-0.05, 0) is 49.8 Å². The van der Waals surface area contributed by atoms with Crippen LogP contribution in [0.25, 0.3) is 0 Å². The first-order valence-electron chi connectivity index (χ1n) is 7.68. The highest BCUT2D eigenvalue weighted by Gasteiger charge is 2.48. The smallest absolute Gasteiger partial charge is 0.311 e. The number of likely N-dealkylation sites (tertiary alicyclic amines) is 1. The van der Waals surface area contributed by atoms with Crippen molar-refractivity contribution in [3.63, 3.8) is 0 Å². The van der Waals surface area contributed by atoms with Gasteiger partial charge in [0.25, 0.3) is 0 Å². The topological polar surface area (TPSA) is 57.6 Å². The molecule has 0 aromatic heterocycles. The number of rotatable bonds is 3. The van der Waals surface area contributed by atoms with Crippen molar-refractivity contribution in [2.75, 3.05) is 13.1 Å². The van der Waals surface area contributed by atoms with E-state index in [-0.39, 0.29) is 30.1 Å². The predicted octanol–water partition coefficient (Wildman–Crippen LogP) is 2.64. The zero-order chi connectivity index (χ0) is 15.9. The maximum Gasteiger partial charge on any atom is 0.311 e. The Morgan fingerprint density at radius 1 is 1.32 bits per heavy atom. The number of aliphatic carboxylic acids is 1. The summed E-state index contributed by atoms with van der Waals surface area (Å²) in [6.45, 7) is 2.63. The average molecular weight is 305 g/mol. The van der Waals surface area contributed by atoms with Crippen LogP contribution in [0.5, 0.6) is 0 Å². The van der Waals surface area contributed by atoms with E-state index in [0.717, 1.165) is 18.4 Å². The van der Waals surface area contributed by atoms with E-state index < -0.39 is 11.4 Å². The molecule has 1 saturated carbocycles. The molecule has 1 saturated heterocycles. The number of carboxylic acid groups (broad SMARTS) is 1. The number of amides is 1. The van der Waals surface area contributed by atoms with Crippen LogP contribution in [0.1, 0.15) is 37.7 Å². The van der Waals surface area contributed by atoms with Crippen LogP contribution in [0.4, 0.5) is 4.39 Å². The van der Waals surface area contributed by atoms with E-state index >= 15 is 0 Å². The fourth-order valence-corrected chi connectivity index (χ4v) is 3.38. The molecule has 3 unspecified atom stereocenters. The van der Waals surface area contributed by atoms with E-state index in [9.17, 15) is 19.1 Å². The molecule has 22 heavy (non-hydrogen) atoms. The molecule has 2 aliphatic rings. The van der Waals surface area contributed by atoms with Crippen molar-refractivity contribution in [2.24, 2.45) is 11.3 Å². The lowest BCUT2D eigenvalue weighted by atomic mass is 9.82. The zero-order valence-corrected chi connectivity index (χ0v) is 12.6. The number of benzene rings is 1. The summed E-state index contributed by atoms with van der Waals surface area (Å²) in [5, 5.41) is 9.33. The Hall–Kier alpha value is -1.91. The van der Waals surface area contributed by atoms with Gasteiger partial charge < -0.3 is 10.0 Å². The molecule has 0 radical (unpaired) electrons. The van der Waals surface area contributed by atoms with Crippen LogP contribution in [0.15, 0.2) is 24.3 Å². The quantitative estimate of drug-likeness (QED) is 0.934. The van der Waals surface area contributed by atoms with E-state index in [4.69, 9.17) is 0 Å². The third-order valence-electron chi connectivity index (χ3n) is 4.93. The summed E-state index contributed by atoms with van der Waals surface area (Å²) >= 11 is 0. The highest BCUT2D eigenvalue weighted by molar-refractivity contribution is 5.84. The van der Waals surface area contributed by atoms with Gasteiger partial charge in [-0.3, -0.25) is 9.59 Å². The lowest BCUT2D eigenvalue weighted by Gasteiger charge is -2.37. The lowest BCUT2D eigenvalue weighted by molar-refractivity contribution is -0.153. The predicted molar refractivity (Wildman–Crippen MR) is 78.8 cm³/mol. The Morgan fingerprint density at radius 3 is 2.64 bits per heavy atom. The summed E-state index contributed by atoms with van der Waals surface area (Å²) in [6.07, 6.45) is 2.10. The fourth-order valence-electron chi connectivity index (χ4n) is 3.38. The van der Waals surface area contributed by atoms with Crippen molar-refractivity contribution in [1.29, 1.82) is 0 Å². The molecule has 3 rings (SSSR count). The van der Waals surface area contributed by atoms with Crippen molar-refractivity contribution >= 4 is 11.9 Å². The number of carbonyl (C=O) groups is 2. The highest BCUT2D eigenvalue weighted by atomic mass is 19.1. The maximum absolute atomic E-state index is 12.9. The third-order valence-corrected chi connectivity index (χ3v) is 4.93. The molecule has 1 aromatic rings. The molecule has 1 amide bonds. The van der Waals surface area contributed by atoms with Crippen molar-refractivity contribution in [1.82, 2.24) is 4.90 Å². The van der Waals surface area contributed by atoms with E-state index in [1.54, 1.807) is 24.0 Å². The van der Waals surface area contributed by atoms with Crippen molar-refractivity contribution in [2.45, 2.75) is 32.1 Å². The van der Waals surface area contributed by atoms with Crippen LogP contribution in [0.2, 0.25) is 0 Å². The largest absolute Gasteiger partial charge is 0.481 e. The average Bonchev–Trinajstić information content (AvgIpc) is 3.27. The van der Waals surface area contributed by atoms with E-state index in [2.05, 4.69) is 0 Å². The van der Waals surface area contributed by atoms with Crippen LogP contribution in [0, 0.1) is 17.2 Å². The summed E-state index contributed by atoms with van der Waals surface area (Å²) in [5.74, 6) is -1.01. The summed E-state index contributed by atoms with van der Waals surface area (Å²) in [6, 6.07) is 6.28. The van der Waals surface area contributed by atoms with Crippen LogP contribution in [0.3, 0.4) is 0 Å². The molecular formula is C17H20FNO3. The summed E-state index contributed by atoms with van der Waals surface area (Å²) < 4.78 is 12.9. The molecule has 3 atom stereocenters. The number of carboxylic acids is 1. The lowest BCUT2D eigenvalue weighted by Crippen LogP contribution is -2.49. The Bertz CT molecular complexity index is 600. The number of halogens is 1. The number of hydrogen-bond acceptors (Lipinski definition) is 2. The Balaban J connectivity index is 1.66. The van der Waals surface area contributed by atoms with Gasteiger partial charge in [0.15, 0.2) is 0 Å². The van der Waals surface area contributed by atoms with E-state index in [1.807, 2.05) is 0 Å². The minimum absolute atomic E-state index is 0.0431. The Labute approximate surface area is 128 Å². The number of nitrogens with zero attached hydrogens (tertiary/aromatic N) is 1. The van der Waals surface area contributed by atoms with Gasteiger partial charge in [-0.25, -0.2) is 4.39 Å². The molecule has 2 fully saturated rings. The molecule has 1 aromatic carbocycles. The van der Waals surface area contributed by atoms with Crippen LogP contribution in [-0.4, -0.2) is 35.0 Å². The van der Waals surface area contributed by atoms with Gasteiger partial charge in [-0.2, -0.15) is 0 Å². The zero-order valence-electron chi connectivity index (χ0n) is 12.6. The molecule has 1 heterocycles. The second kappa shape index (κ2) is 5.38. The molecule has 4 nitrogen and oxygen atoms in total. The minimum Gasteiger partial charge on any atom is -0.481 e. The van der Waals surface area contributed by atoms with Gasteiger partial charge in [0, 0.05) is 19.0 Å². The molecule has 1 aliphatic carbocycles. The maximum atomic E-state index is 12.9. The first-order chi connectivity index (χ1) is 10.4. The second-order valence-electron chi connectivity index (χ2n) is 6.73. The number of carbonyl (C=O) groups excluding carboxylic acids is 1.